The highest BCUT2D eigenvalue weighted by atomic mass is 32.2. The number of nitrogens with one attached hydrogen (secondary N) is 1. The second-order valence-electron chi connectivity index (χ2n) is 4.53. The number of primary amides is 1. The molecule has 1 heterocycles. The molecule has 1 aromatic heterocycles. The minimum absolute atomic E-state index is 0.250. The summed E-state index contributed by atoms with van der Waals surface area (Å²) in [7, 11) is 0. The molecule has 1 amide bonds. The molecule has 0 saturated carbocycles. The number of pyridine rings is 1. The molecule has 0 unspecified atom stereocenters. The Kier molecular flexibility index (Phi) is 5.80. The molecular weight excluding hydrogens is 294 g/mol. The van der Waals surface area contributed by atoms with Crippen LogP contribution in [0.5, 0.6) is 0 Å². The van der Waals surface area contributed by atoms with E-state index in [2.05, 4.69) is 64.8 Å². The Morgan fingerprint density at radius 1 is 1.09 bits per heavy atom. The van der Waals surface area contributed by atoms with E-state index in [1.54, 1.807) is 11.9 Å². The second kappa shape index (κ2) is 8.05. The number of anilines is 1. The Morgan fingerprint density at radius 3 is 2.50 bits per heavy atom. The third-order valence-electron chi connectivity index (χ3n) is 2.93. The minimum Gasteiger partial charge on any atom is -0.372 e. The van der Waals surface area contributed by atoms with Gasteiger partial charge < -0.3 is 10.5 Å². The molecule has 0 atom stereocenters. The summed E-state index contributed by atoms with van der Waals surface area (Å²) in [5, 5.41) is 1.15. The third-order valence-corrected chi connectivity index (χ3v) is 3.76. The van der Waals surface area contributed by atoms with Gasteiger partial charge in [0, 0.05) is 16.5 Å². The van der Waals surface area contributed by atoms with Crippen LogP contribution in [0.3, 0.4) is 0 Å². The largest absolute Gasteiger partial charge is 0.372 e. The molecule has 0 saturated heterocycles. The Hall–Kier alpha value is -2.53. The van der Waals surface area contributed by atoms with E-state index in [4.69, 9.17) is 4.79 Å². The SMILES string of the molecule is Cc1ccc(SNc2cccc3cccnc23)cc1.NC=O. The quantitative estimate of drug-likeness (QED) is 0.571. The number of rotatable bonds is 3. The first-order chi connectivity index (χ1) is 10.7. The van der Waals surface area contributed by atoms with E-state index in [-0.39, 0.29) is 6.41 Å². The van der Waals surface area contributed by atoms with Crippen LogP contribution in [0.2, 0.25) is 0 Å². The number of hydrogen-bond acceptors (Lipinski definition) is 4. The Labute approximate surface area is 133 Å². The van der Waals surface area contributed by atoms with Gasteiger partial charge in [-0.05, 0) is 43.1 Å². The van der Waals surface area contributed by atoms with Crippen LogP contribution >= 0.6 is 11.9 Å². The molecule has 0 spiro atoms. The van der Waals surface area contributed by atoms with E-state index in [1.807, 2.05) is 18.3 Å². The maximum atomic E-state index is 8.58. The molecule has 3 aromatic rings. The van der Waals surface area contributed by atoms with Gasteiger partial charge in [0.1, 0.15) is 0 Å². The van der Waals surface area contributed by atoms with Crippen LogP contribution in [0.15, 0.2) is 65.7 Å². The fraction of sp³-hybridized carbons (Fsp3) is 0.0588. The molecule has 0 aliphatic carbocycles. The van der Waals surface area contributed by atoms with Crippen molar-refractivity contribution in [2.24, 2.45) is 5.73 Å². The zero-order valence-corrected chi connectivity index (χ0v) is 13.0. The normalized spacial score (nSPS) is 9.68. The summed E-state index contributed by atoms with van der Waals surface area (Å²) < 4.78 is 3.38. The number of amides is 1. The van der Waals surface area contributed by atoms with E-state index >= 15 is 0 Å². The van der Waals surface area contributed by atoms with Gasteiger partial charge >= 0.3 is 0 Å². The van der Waals surface area contributed by atoms with Crippen LogP contribution in [-0.2, 0) is 4.79 Å². The van der Waals surface area contributed by atoms with Gasteiger partial charge in [0.05, 0.1) is 11.2 Å². The number of para-hydroxylation sites is 1. The predicted octanol–water partition coefficient (Wildman–Crippen LogP) is 3.76. The van der Waals surface area contributed by atoms with Crippen molar-refractivity contribution in [3.8, 4) is 0 Å². The fourth-order valence-corrected chi connectivity index (χ4v) is 2.57. The lowest BCUT2D eigenvalue weighted by Gasteiger charge is -2.08. The summed E-state index contributed by atoms with van der Waals surface area (Å²) >= 11 is 1.61. The maximum absolute atomic E-state index is 8.58. The van der Waals surface area contributed by atoms with E-state index in [1.165, 1.54) is 10.5 Å². The topological polar surface area (TPSA) is 68.0 Å². The van der Waals surface area contributed by atoms with Crippen LogP contribution in [0, 0.1) is 6.92 Å². The van der Waals surface area contributed by atoms with Crippen molar-refractivity contribution < 1.29 is 4.79 Å². The van der Waals surface area contributed by atoms with Crippen LogP contribution in [0.4, 0.5) is 5.69 Å². The smallest absolute Gasteiger partial charge is 0.204 e. The molecule has 0 fully saturated rings. The molecule has 0 bridgehead atoms. The third kappa shape index (κ3) is 4.23. The van der Waals surface area contributed by atoms with Crippen molar-refractivity contribution in [3.63, 3.8) is 0 Å². The number of nitrogens with zero attached hydrogens (tertiary/aromatic N) is 1. The summed E-state index contributed by atoms with van der Waals surface area (Å²) in [5.74, 6) is 0. The summed E-state index contributed by atoms with van der Waals surface area (Å²) in [6.45, 7) is 2.09. The van der Waals surface area contributed by atoms with Crippen molar-refractivity contribution >= 4 is 34.9 Å². The molecule has 22 heavy (non-hydrogen) atoms. The summed E-state index contributed by atoms with van der Waals surface area (Å²) in [5.41, 5.74) is 7.49. The van der Waals surface area contributed by atoms with Crippen molar-refractivity contribution in [1.82, 2.24) is 4.98 Å². The lowest BCUT2D eigenvalue weighted by molar-refractivity contribution is -0.106. The van der Waals surface area contributed by atoms with Crippen LogP contribution in [-0.4, -0.2) is 11.4 Å². The average molecular weight is 311 g/mol. The van der Waals surface area contributed by atoms with Crippen molar-refractivity contribution in [2.75, 3.05) is 4.72 Å². The number of aryl methyl sites for hydroxylation is 1. The van der Waals surface area contributed by atoms with E-state index < -0.39 is 0 Å². The Bertz CT molecular complexity index is 739. The summed E-state index contributed by atoms with van der Waals surface area (Å²) in [6.07, 6.45) is 2.07. The highest BCUT2D eigenvalue weighted by Gasteiger charge is 2.01. The van der Waals surface area contributed by atoms with E-state index in [0.717, 1.165) is 16.6 Å². The van der Waals surface area contributed by atoms with Gasteiger partial charge in [0.15, 0.2) is 0 Å². The number of benzene rings is 2. The number of aromatic nitrogens is 1. The van der Waals surface area contributed by atoms with Crippen molar-refractivity contribution in [3.05, 3.63) is 66.4 Å². The zero-order chi connectivity index (χ0) is 15.8. The van der Waals surface area contributed by atoms with Gasteiger partial charge in [-0.25, -0.2) is 0 Å². The number of hydrogen-bond donors (Lipinski definition) is 2. The lowest BCUT2D eigenvalue weighted by atomic mass is 10.2. The van der Waals surface area contributed by atoms with E-state index in [9.17, 15) is 0 Å². The molecular formula is C17H17N3OS. The number of carbonyl (C=O) groups excluding carboxylic acids is 1. The first-order valence-electron chi connectivity index (χ1n) is 6.73. The van der Waals surface area contributed by atoms with Gasteiger partial charge in [-0.1, -0.05) is 35.9 Å². The predicted molar refractivity (Wildman–Crippen MR) is 92.7 cm³/mol. The molecule has 3 N–H and O–H groups in total. The average Bonchev–Trinajstić information content (AvgIpc) is 2.55. The van der Waals surface area contributed by atoms with Gasteiger partial charge in [0.25, 0.3) is 0 Å². The van der Waals surface area contributed by atoms with Crippen LogP contribution in [0.1, 0.15) is 5.56 Å². The minimum atomic E-state index is 0.250. The zero-order valence-electron chi connectivity index (χ0n) is 12.2. The number of fused-ring (bicyclic) bond motifs is 1. The van der Waals surface area contributed by atoms with Gasteiger partial charge in [-0.2, -0.15) is 0 Å². The first kappa shape index (κ1) is 15.9. The molecule has 3 rings (SSSR count). The molecule has 112 valence electrons. The van der Waals surface area contributed by atoms with Crippen LogP contribution in [0.25, 0.3) is 10.9 Å². The fourth-order valence-electron chi connectivity index (χ4n) is 1.91. The first-order valence-corrected chi connectivity index (χ1v) is 7.55. The molecule has 0 radical (unpaired) electrons. The number of nitrogens with two attached hydrogens (primary N) is 1. The monoisotopic (exact) mass is 311 g/mol. The summed E-state index contributed by atoms with van der Waals surface area (Å²) in [4.78, 5) is 14.2. The number of carbonyl (C=O) groups is 1. The summed E-state index contributed by atoms with van der Waals surface area (Å²) in [6, 6.07) is 18.7. The van der Waals surface area contributed by atoms with Gasteiger partial charge in [-0.15, -0.1) is 0 Å². The Morgan fingerprint density at radius 2 is 1.77 bits per heavy atom. The van der Waals surface area contributed by atoms with Crippen molar-refractivity contribution in [2.45, 2.75) is 11.8 Å². The lowest BCUT2D eigenvalue weighted by Crippen LogP contribution is -1.90. The molecule has 5 heteroatoms. The van der Waals surface area contributed by atoms with Gasteiger partial charge in [0.2, 0.25) is 6.41 Å². The van der Waals surface area contributed by atoms with E-state index in [0.29, 0.717) is 0 Å². The highest BCUT2D eigenvalue weighted by molar-refractivity contribution is 8.00. The maximum Gasteiger partial charge on any atom is 0.204 e. The molecule has 0 aliphatic heterocycles. The standard InChI is InChI=1S/C16H14N2S.CH3NO/c1-12-7-9-14(10-8-12)19-18-15-6-2-4-13-5-3-11-17-16(13)15;2-1-3/h2-11,18H,1H3;1H,(H2,2,3). The van der Waals surface area contributed by atoms with Gasteiger partial charge in [-0.3, -0.25) is 9.78 Å². The second-order valence-corrected chi connectivity index (χ2v) is 5.41. The molecule has 0 aliphatic rings. The molecule has 4 nitrogen and oxygen atoms in total. The molecule has 2 aromatic carbocycles. The Balaban J connectivity index is 0.000000545. The van der Waals surface area contributed by atoms with Crippen LogP contribution < -0.4 is 10.5 Å². The van der Waals surface area contributed by atoms with Crippen molar-refractivity contribution in [1.29, 1.82) is 0 Å². The highest BCUT2D eigenvalue weighted by Crippen LogP contribution is 2.26.